The zero-order valence-corrected chi connectivity index (χ0v) is 12.1. The van der Waals surface area contributed by atoms with Gasteiger partial charge in [0.25, 0.3) is 0 Å². The third kappa shape index (κ3) is 2.88. The van der Waals surface area contributed by atoms with E-state index in [1.54, 1.807) is 0 Å². The number of hydrogen-bond acceptors (Lipinski definition) is 3. The third-order valence-corrected chi connectivity index (χ3v) is 6.62. The number of hydrogen-bond donors (Lipinski definition) is 1. The summed E-state index contributed by atoms with van der Waals surface area (Å²) in [7, 11) is 0. The standard InChI is InChI=1S/C15H26O2S/c16-14(11-18-13-4-1-2-5-13)12-6-9-17-15(10-12)7-3-8-15/h12-14,16H,1-11H2. The highest BCUT2D eigenvalue weighted by Crippen LogP contribution is 2.45. The molecule has 3 aliphatic rings. The molecule has 3 heteroatoms. The molecular formula is C15H26O2S. The minimum atomic E-state index is -0.100. The highest BCUT2D eigenvalue weighted by atomic mass is 32.2. The molecule has 0 aromatic rings. The molecule has 1 saturated heterocycles. The maximum atomic E-state index is 10.4. The number of aliphatic hydroxyl groups is 1. The van der Waals surface area contributed by atoms with Gasteiger partial charge in [-0.25, -0.2) is 0 Å². The predicted molar refractivity (Wildman–Crippen MR) is 76.0 cm³/mol. The van der Waals surface area contributed by atoms with Gasteiger partial charge in [0.05, 0.1) is 11.7 Å². The van der Waals surface area contributed by atoms with Crippen LogP contribution in [0.2, 0.25) is 0 Å². The molecule has 3 fully saturated rings. The number of thioether (sulfide) groups is 1. The van der Waals surface area contributed by atoms with E-state index in [-0.39, 0.29) is 11.7 Å². The topological polar surface area (TPSA) is 29.5 Å². The highest BCUT2D eigenvalue weighted by molar-refractivity contribution is 7.99. The van der Waals surface area contributed by atoms with Crippen molar-refractivity contribution in [3.8, 4) is 0 Å². The van der Waals surface area contributed by atoms with E-state index in [1.165, 1.54) is 44.9 Å². The van der Waals surface area contributed by atoms with Gasteiger partial charge in [0.2, 0.25) is 0 Å². The first-order valence-electron chi connectivity index (χ1n) is 7.71. The molecule has 104 valence electrons. The van der Waals surface area contributed by atoms with E-state index in [2.05, 4.69) is 0 Å². The smallest absolute Gasteiger partial charge is 0.0686 e. The Bertz CT molecular complexity index is 272. The van der Waals surface area contributed by atoms with E-state index < -0.39 is 0 Å². The van der Waals surface area contributed by atoms with Crippen LogP contribution in [0.3, 0.4) is 0 Å². The van der Waals surface area contributed by atoms with Gasteiger partial charge in [-0.05, 0) is 50.9 Å². The normalized spacial score (nSPS) is 33.5. The van der Waals surface area contributed by atoms with Gasteiger partial charge in [-0.2, -0.15) is 11.8 Å². The third-order valence-electron chi connectivity index (χ3n) is 5.14. The lowest BCUT2D eigenvalue weighted by Crippen LogP contribution is -2.48. The fraction of sp³-hybridized carbons (Fsp3) is 1.00. The lowest BCUT2D eigenvalue weighted by Gasteiger charge is -2.48. The number of rotatable bonds is 4. The largest absolute Gasteiger partial charge is 0.392 e. The molecule has 0 radical (unpaired) electrons. The summed E-state index contributed by atoms with van der Waals surface area (Å²) < 4.78 is 5.94. The van der Waals surface area contributed by atoms with Crippen molar-refractivity contribution in [3.63, 3.8) is 0 Å². The van der Waals surface area contributed by atoms with E-state index in [1.807, 2.05) is 11.8 Å². The van der Waals surface area contributed by atoms with Crippen molar-refractivity contribution < 1.29 is 9.84 Å². The average Bonchev–Trinajstić information content (AvgIpc) is 2.87. The van der Waals surface area contributed by atoms with Crippen LogP contribution in [-0.4, -0.2) is 34.4 Å². The SMILES string of the molecule is OC(CSC1CCCC1)C1CCOC2(CCC2)C1. The van der Waals surface area contributed by atoms with Crippen molar-refractivity contribution >= 4 is 11.8 Å². The van der Waals surface area contributed by atoms with Gasteiger partial charge in [-0.15, -0.1) is 0 Å². The molecule has 0 aromatic carbocycles. The first-order valence-corrected chi connectivity index (χ1v) is 8.76. The van der Waals surface area contributed by atoms with Gasteiger partial charge in [-0.3, -0.25) is 0 Å². The molecule has 1 spiro atoms. The minimum absolute atomic E-state index is 0.100. The van der Waals surface area contributed by atoms with Gasteiger partial charge in [0, 0.05) is 17.6 Å². The molecule has 2 saturated carbocycles. The van der Waals surface area contributed by atoms with E-state index in [4.69, 9.17) is 4.74 Å². The fourth-order valence-corrected chi connectivity index (χ4v) is 5.15. The lowest BCUT2D eigenvalue weighted by atomic mass is 9.71. The molecule has 2 aliphatic carbocycles. The summed E-state index contributed by atoms with van der Waals surface area (Å²) in [6, 6.07) is 0. The summed E-state index contributed by atoms with van der Waals surface area (Å²) in [6.07, 6.45) is 11.4. The molecule has 1 N–H and O–H groups in total. The summed E-state index contributed by atoms with van der Waals surface area (Å²) in [5.74, 6) is 1.44. The Hall–Kier alpha value is 0.270. The van der Waals surface area contributed by atoms with Crippen molar-refractivity contribution in [2.75, 3.05) is 12.4 Å². The van der Waals surface area contributed by atoms with E-state index in [0.717, 1.165) is 30.5 Å². The summed E-state index contributed by atoms with van der Waals surface area (Å²) in [6.45, 7) is 0.871. The summed E-state index contributed by atoms with van der Waals surface area (Å²) in [5.41, 5.74) is 0.182. The Balaban J connectivity index is 1.44. The van der Waals surface area contributed by atoms with Gasteiger partial charge < -0.3 is 9.84 Å². The first kappa shape index (κ1) is 13.3. The van der Waals surface area contributed by atoms with Crippen LogP contribution in [0.25, 0.3) is 0 Å². The first-order chi connectivity index (χ1) is 8.77. The average molecular weight is 270 g/mol. The fourth-order valence-electron chi connectivity index (χ4n) is 3.74. The van der Waals surface area contributed by atoms with Crippen LogP contribution in [0.4, 0.5) is 0 Å². The van der Waals surface area contributed by atoms with Gasteiger partial charge in [0.15, 0.2) is 0 Å². The monoisotopic (exact) mass is 270 g/mol. The van der Waals surface area contributed by atoms with Crippen LogP contribution in [-0.2, 0) is 4.74 Å². The molecule has 1 aliphatic heterocycles. The summed E-state index contributed by atoms with van der Waals surface area (Å²) in [5, 5.41) is 11.2. The van der Waals surface area contributed by atoms with Crippen LogP contribution in [0.15, 0.2) is 0 Å². The molecule has 3 rings (SSSR count). The van der Waals surface area contributed by atoms with Crippen LogP contribution in [0.5, 0.6) is 0 Å². The van der Waals surface area contributed by atoms with Crippen LogP contribution in [0, 0.1) is 5.92 Å². The Kier molecular flexibility index (Phi) is 4.21. The second-order valence-corrected chi connectivity index (χ2v) is 7.78. The highest BCUT2D eigenvalue weighted by Gasteiger charge is 2.44. The molecule has 2 nitrogen and oxygen atoms in total. The number of aliphatic hydroxyl groups excluding tert-OH is 1. The van der Waals surface area contributed by atoms with Gasteiger partial charge in [-0.1, -0.05) is 12.8 Å². The van der Waals surface area contributed by atoms with Crippen LogP contribution < -0.4 is 0 Å². The summed E-state index contributed by atoms with van der Waals surface area (Å²) >= 11 is 2.02. The molecular weight excluding hydrogens is 244 g/mol. The minimum Gasteiger partial charge on any atom is -0.392 e. The quantitative estimate of drug-likeness (QED) is 0.849. The Morgan fingerprint density at radius 3 is 2.61 bits per heavy atom. The molecule has 0 bridgehead atoms. The van der Waals surface area contributed by atoms with Gasteiger partial charge >= 0.3 is 0 Å². The molecule has 2 atom stereocenters. The molecule has 2 unspecified atom stereocenters. The molecule has 18 heavy (non-hydrogen) atoms. The Morgan fingerprint density at radius 2 is 1.94 bits per heavy atom. The maximum Gasteiger partial charge on any atom is 0.0686 e. The zero-order chi connectivity index (χ0) is 12.4. The Labute approximate surface area is 115 Å². The van der Waals surface area contributed by atoms with E-state index in [0.29, 0.717) is 5.92 Å². The van der Waals surface area contributed by atoms with Crippen molar-refractivity contribution in [2.24, 2.45) is 5.92 Å². The van der Waals surface area contributed by atoms with Crippen LogP contribution in [0.1, 0.15) is 57.8 Å². The number of ether oxygens (including phenoxy) is 1. The maximum absolute atomic E-state index is 10.4. The predicted octanol–water partition coefficient (Wildman–Crippen LogP) is 3.37. The van der Waals surface area contributed by atoms with Crippen molar-refractivity contribution in [3.05, 3.63) is 0 Å². The molecule has 0 amide bonds. The van der Waals surface area contributed by atoms with Crippen molar-refractivity contribution in [1.29, 1.82) is 0 Å². The van der Waals surface area contributed by atoms with Crippen LogP contribution >= 0.6 is 11.8 Å². The van der Waals surface area contributed by atoms with E-state index in [9.17, 15) is 5.11 Å². The van der Waals surface area contributed by atoms with Crippen molar-refractivity contribution in [1.82, 2.24) is 0 Å². The Morgan fingerprint density at radius 1 is 1.17 bits per heavy atom. The van der Waals surface area contributed by atoms with E-state index >= 15 is 0 Å². The zero-order valence-electron chi connectivity index (χ0n) is 11.3. The van der Waals surface area contributed by atoms with Crippen molar-refractivity contribution in [2.45, 2.75) is 74.7 Å². The van der Waals surface area contributed by atoms with Gasteiger partial charge in [0.1, 0.15) is 0 Å². The molecule has 0 aromatic heterocycles. The second kappa shape index (κ2) is 5.72. The second-order valence-electron chi connectivity index (χ2n) is 6.45. The molecule has 1 heterocycles. The summed E-state index contributed by atoms with van der Waals surface area (Å²) in [4.78, 5) is 0. The lowest BCUT2D eigenvalue weighted by molar-refractivity contribution is -0.154.